The number of hydrogen-bond acceptors (Lipinski definition) is 4. The minimum absolute atomic E-state index is 0.248. The Kier molecular flexibility index (Phi) is 5.35. The summed E-state index contributed by atoms with van der Waals surface area (Å²) in [5.74, 6) is -0.665. The van der Waals surface area contributed by atoms with Gasteiger partial charge in [0, 0.05) is 41.8 Å². The number of aromatic nitrogens is 1. The summed E-state index contributed by atoms with van der Waals surface area (Å²) in [6, 6.07) is 8.79. The zero-order chi connectivity index (χ0) is 20.5. The molecule has 2 aliphatic rings. The van der Waals surface area contributed by atoms with Crippen LogP contribution in [0.4, 0.5) is 5.69 Å². The van der Waals surface area contributed by atoms with Gasteiger partial charge in [0.1, 0.15) is 0 Å². The second-order valence-electron chi connectivity index (χ2n) is 8.06. The van der Waals surface area contributed by atoms with Crippen LogP contribution in [-0.4, -0.2) is 36.6 Å². The molecular formula is C23H29N3O3. The lowest BCUT2D eigenvalue weighted by atomic mass is 9.97. The second-order valence-corrected chi connectivity index (χ2v) is 8.06. The maximum atomic E-state index is 12.4. The van der Waals surface area contributed by atoms with E-state index in [0.717, 1.165) is 48.4 Å². The zero-order valence-corrected chi connectivity index (χ0v) is 17.2. The summed E-state index contributed by atoms with van der Waals surface area (Å²) in [5.41, 5.74) is 11.4. The largest absolute Gasteiger partial charge is 0.469 e. The fourth-order valence-corrected chi connectivity index (χ4v) is 4.59. The van der Waals surface area contributed by atoms with Crippen molar-refractivity contribution in [3.63, 3.8) is 0 Å². The molecule has 1 aliphatic heterocycles. The lowest BCUT2D eigenvalue weighted by molar-refractivity contribution is -0.140. The molecule has 1 saturated heterocycles. The highest BCUT2D eigenvalue weighted by molar-refractivity contribution is 6.02. The molecule has 4 rings (SSSR count). The van der Waals surface area contributed by atoms with Gasteiger partial charge in [0.2, 0.25) is 0 Å². The Labute approximate surface area is 171 Å². The summed E-state index contributed by atoms with van der Waals surface area (Å²) in [4.78, 5) is 26.6. The third-order valence-corrected chi connectivity index (χ3v) is 6.13. The van der Waals surface area contributed by atoms with Crippen LogP contribution in [0.3, 0.4) is 0 Å². The van der Waals surface area contributed by atoms with E-state index < -0.39 is 5.91 Å². The molecule has 6 heteroatoms. The van der Waals surface area contributed by atoms with Gasteiger partial charge in [-0.1, -0.05) is 12.1 Å². The van der Waals surface area contributed by atoms with Crippen LogP contribution in [0.5, 0.6) is 0 Å². The summed E-state index contributed by atoms with van der Waals surface area (Å²) in [5, 5.41) is 0. The first kappa shape index (κ1) is 19.6. The van der Waals surface area contributed by atoms with Gasteiger partial charge in [-0.2, -0.15) is 0 Å². The number of amides is 1. The van der Waals surface area contributed by atoms with Gasteiger partial charge in [0.25, 0.3) is 5.91 Å². The topological polar surface area (TPSA) is 77.6 Å². The number of carbonyl (C=O) groups is 2. The van der Waals surface area contributed by atoms with Crippen LogP contribution < -0.4 is 10.6 Å². The molecule has 1 aliphatic carbocycles. The summed E-state index contributed by atoms with van der Waals surface area (Å²) < 4.78 is 7.07. The van der Waals surface area contributed by atoms with Gasteiger partial charge < -0.3 is 19.9 Å². The first-order valence-electron chi connectivity index (χ1n) is 10.5. The van der Waals surface area contributed by atoms with E-state index in [2.05, 4.69) is 33.7 Å². The van der Waals surface area contributed by atoms with E-state index in [9.17, 15) is 9.59 Å². The maximum absolute atomic E-state index is 12.4. The normalized spacial score (nSPS) is 16.3. The molecule has 1 aromatic heterocycles. The SMILES string of the molecule is COC(=O)CCc1c(-c2ccc(N3CCCC3)cc2)c(C(N)=O)c(C)n1C1CC1. The fraction of sp³-hybridized carbons (Fsp3) is 0.478. The van der Waals surface area contributed by atoms with Gasteiger partial charge in [0.15, 0.2) is 0 Å². The third kappa shape index (κ3) is 3.76. The summed E-state index contributed by atoms with van der Waals surface area (Å²) >= 11 is 0. The van der Waals surface area contributed by atoms with Crippen molar-refractivity contribution in [2.24, 2.45) is 5.73 Å². The van der Waals surface area contributed by atoms with E-state index in [1.54, 1.807) is 0 Å². The first-order valence-corrected chi connectivity index (χ1v) is 10.5. The number of nitrogens with two attached hydrogens (primary N) is 1. The van der Waals surface area contributed by atoms with Crippen LogP contribution in [0.2, 0.25) is 0 Å². The van der Waals surface area contributed by atoms with E-state index >= 15 is 0 Å². The number of carbonyl (C=O) groups excluding carboxylic acids is 2. The van der Waals surface area contributed by atoms with E-state index in [0.29, 0.717) is 18.0 Å². The molecule has 0 radical (unpaired) electrons. The van der Waals surface area contributed by atoms with Crippen LogP contribution >= 0.6 is 0 Å². The molecule has 154 valence electrons. The smallest absolute Gasteiger partial charge is 0.305 e. The van der Waals surface area contributed by atoms with E-state index in [-0.39, 0.29) is 12.4 Å². The minimum atomic E-state index is -0.417. The molecule has 2 heterocycles. The number of esters is 1. The van der Waals surface area contributed by atoms with Crippen LogP contribution in [-0.2, 0) is 16.0 Å². The van der Waals surface area contributed by atoms with Gasteiger partial charge in [-0.05, 0) is 56.7 Å². The number of anilines is 1. The second kappa shape index (κ2) is 7.93. The molecule has 2 aromatic rings. The molecule has 6 nitrogen and oxygen atoms in total. The predicted octanol–water partition coefficient (Wildman–Crippen LogP) is 3.60. The highest BCUT2D eigenvalue weighted by Gasteiger charge is 2.33. The van der Waals surface area contributed by atoms with Crippen LogP contribution in [0.25, 0.3) is 11.1 Å². The summed E-state index contributed by atoms with van der Waals surface area (Å²) in [6.07, 6.45) is 5.45. The molecule has 1 saturated carbocycles. The predicted molar refractivity (Wildman–Crippen MR) is 113 cm³/mol. The van der Waals surface area contributed by atoms with Crippen molar-refractivity contribution in [2.75, 3.05) is 25.1 Å². The quantitative estimate of drug-likeness (QED) is 0.727. The highest BCUT2D eigenvalue weighted by atomic mass is 16.5. The Morgan fingerprint density at radius 1 is 1.14 bits per heavy atom. The van der Waals surface area contributed by atoms with E-state index in [1.807, 2.05) is 6.92 Å². The standard InChI is InChI=1S/C23H29N3O3/c1-15-21(23(24)28)22(16-5-7-17(8-6-16)25-13-3-4-14-25)19(11-12-20(27)29-2)26(15)18-9-10-18/h5-8,18H,3-4,9-14H2,1-2H3,(H2,24,28). The molecule has 0 atom stereocenters. The Morgan fingerprint density at radius 3 is 2.34 bits per heavy atom. The Bertz CT molecular complexity index is 920. The van der Waals surface area contributed by atoms with Gasteiger partial charge in [-0.3, -0.25) is 9.59 Å². The summed E-state index contributed by atoms with van der Waals surface area (Å²) in [7, 11) is 1.40. The Balaban J connectivity index is 1.78. The molecule has 2 N–H and O–H groups in total. The summed E-state index contributed by atoms with van der Waals surface area (Å²) in [6.45, 7) is 4.14. The van der Waals surface area contributed by atoms with Gasteiger partial charge >= 0.3 is 5.97 Å². The number of ether oxygens (including phenoxy) is 1. The van der Waals surface area contributed by atoms with Crippen LogP contribution in [0, 0.1) is 6.92 Å². The van der Waals surface area contributed by atoms with Gasteiger partial charge in [0.05, 0.1) is 19.1 Å². The van der Waals surface area contributed by atoms with Crippen molar-refractivity contribution in [2.45, 2.75) is 51.5 Å². The average Bonchev–Trinajstić information content (AvgIpc) is 3.30. The Morgan fingerprint density at radius 2 is 1.79 bits per heavy atom. The molecule has 0 bridgehead atoms. The third-order valence-electron chi connectivity index (χ3n) is 6.13. The molecule has 0 unspecified atom stereocenters. The number of methoxy groups -OCH3 is 1. The monoisotopic (exact) mass is 395 g/mol. The fourth-order valence-electron chi connectivity index (χ4n) is 4.59. The first-order chi connectivity index (χ1) is 14.0. The van der Waals surface area contributed by atoms with Gasteiger partial charge in [-0.15, -0.1) is 0 Å². The molecule has 2 fully saturated rings. The molecule has 29 heavy (non-hydrogen) atoms. The van der Waals surface area contributed by atoms with Gasteiger partial charge in [-0.25, -0.2) is 0 Å². The van der Waals surface area contributed by atoms with E-state index in [4.69, 9.17) is 10.5 Å². The zero-order valence-electron chi connectivity index (χ0n) is 17.2. The van der Waals surface area contributed by atoms with Crippen molar-refractivity contribution in [1.82, 2.24) is 4.57 Å². The van der Waals surface area contributed by atoms with Crippen molar-refractivity contribution in [1.29, 1.82) is 0 Å². The van der Waals surface area contributed by atoms with Crippen LogP contribution in [0.1, 0.15) is 59.9 Å². The number of hydrogen-bond donors (Lipinski definition) is 1. The minimum Gasteiger partial charge on any atom is -0.469 e. The number of primary amides is 1. The highest BCUT2D eigenvalue weighted by Crippen LogP contribution is 2.43. The van der Waals surface area contributed by atoms with E-state index in [1.165, 1.54) is 25.6 Å². The molecule has 1 aromatic carbocycles. The molecule has 0 spiro atoms. The lowest BCUT2D eigenvalue weighted by Gasteiger charge is -2.18. The maximum Gasteiger partial charge on any atom is 0.305 e. The molecular weight excluding hydrogens is 366 g/mol. The molecule has 1 amide bonds. The van der Waals surface area contributed by atoms with Crippen molar-refractivity contribution >= 4 is 17.6 Å². The number of benzene rings is 1. The van der Waals surface area contributed by atoms with Crippen LogP contribution in [0.15, 0.2) is 24.3 Å². The average molecular weight is 396 g/mol. The van der Waals surface area contributed by atoms with Crippen molar-refractivity contribution in [3.05, 3.63) is 41.2 Å². The van der Waals surface area contributed by atoms with Crippen molar-refractivity contribution < 1.29 is 14.3 Å². The number of rotatable bonds is 7. The van der Waals surface area contributed by atoms with Crippen molar-refractivity contribution in [3.8, 4) is 11.1 Å². The lowest BCUT2D eigenvalue weighted by Crippen LogP contribution is -2.17. The number of nitrogens with zero attached hydrogens (tertiary/aromatic N) is 2. The Hall–Kier alpha value is -2.76.